The first-order valence-electron chi connectivity index (χ1n) is 23.0. The molecule has 0 aliphatic carbocycles. The average molecular weight is 925 g/mol. The highest BCUT2D eigenvalue weighted by atomic mass is 16.5. The van der Waals surface area contributed by atoms with Crippen LogP contribution in [0.3, 0.4) is 0 Å². The summed E-state index contributed by atoms with van der Waals surface area (Å²) in [6.07, 6.45) is 0.124. The molecule has 2 aliphatic heterocycles. The summed E-state index contributed by atoms with van der Waals surface area (Å²) in [5.41, 5.74) is 5.98. The van der Waals surface area contributed by atoms with E-state index in [0.717, 1.165) is 43.9 Å². The van der Waals surface area contributed by atoms with Crippen molar-refractivity contribution in [3.63, 3.8) is 0 Å². The minimum absolute atomic E-state index is 0.0631. The van der Waals surface area contributed by atoms with Crippen LogP contribution in [0, 0.1) is 0 Å². The molecule has 12 heteroatoms. The molecule has 2 heterocycles. The molecular weight excluding hydrogens is 881 g/mol. The Morgan fingerprint density at radius 3 is 0.943 bits per heavy atom. The third-order valence-corrected chi connectivity index (χ3v) is 12.3. The van der Waals surface area contributed by atoms with Crippen LogP contribution >= 0.6 is 0 Å². The van der Waals surface area contributed by atoms with E-state index in [-0.39, 0.29) is 71.8 Å². The second-order valence-corrected chi connectivity index (χ2v) is 16.8. The molecule has 2 aliphatic rings. The van der Waals surface area contributed by atoms with E-state index in [1.165, 1.54) is 24.3 Å². The Bertz CT molecular complexity index is 2940. The van der Waals surface area contributed by atoms with Gasteiger partial charge < -0.3 is 19.3 Å². The number of hydrogen-bond donors (Lipinski definition) is 0. The van der Waals surface area contributed by atoms with Gasteiger partial charge in [0.15, 0.2) is 0 Å². The summed E-state index contributed by atoms with van der Waals surface area (Å²) in [5, 5.41) is 0.483. The number of anilines is 6. The van der Waals surface area contributed by atoms with E-state index in [1.807, 2.05) is 146 Å². The van der Waals surface area contributed by atoms with Crippen LogP contribution in [-0.2, 0) is 9.59 Å². The number of para-hydroxylation sites is 4. The molecule has 0 saturated carbocycles. The molecule has 10 rings (SSSR count). The van der Waals surface area contributed by atoms with Gasteiger partial charge in [0.1, 0.15) is 11.5 Å². The molecule has 0 fully saturated rings. The van der Waals surface area contributed by atoms with Crippen LogP contribution in [-0.4, -0.2) is 58.5 Å². The number of carbonyl (C=O) groups excluding carboxylic acids is 6. The van der Waals surface area contributed by atoms with Gasteiger partial charge in [0.2, 0.25) is 0 Å². The van der Waals surface area contributed by atoms with Crippen molar-refractivity contribution < 1.29 is 38.2 Å². The first-order valence-corrected chi connectivity index (χ1v) is 23.0. The molecule has 0 aromatic heterocycles. The molecule has 0 atom stereocenters. The molecule has 8 aromatic rings. The number of carbonyl (C=O) groups is 6. The normalized spacial score (nSPS) is 12.8. The van der Waals surface area contributed by atoms with E-state index >= 15 is 0 Å². The Hall–Kier alpha value is -9.16. The van der Waals surface area contributed by atoms with Gasteiger partial charge in [-0.1, -0.05) is 84.9 Å². The molecule has 8 aromatic carbocycles. The number of benzene rings is 8. The highest BCUT2D eigenvalue weighted by Crippen LogP contribution is 2.40. The fraction of sp³-hybridized carbons (Fsp3) is 0.103. The van der Waals surface area contributed by atoms with E-state index in [4.69, 9.17) is 9.47 Å². The molecular formula is C58H44N4O8. The van der Waals surface area contributed by atoms with Crippen molar-refractivity contribution in [3.8, 4) is 11.5 Å². The number of imide groups is 2. The van der Waals surface area contributed by atoms with Crippen LogP contribution in [0.2, 0.25) is 0 Å². The van der Waals surface area contributed by atoms with Crippen LogP contribution in [0.1, 0.15) is 67.1 Å². The van der Waals surface area contributed by atoms with Crippen molar-refractivity contribution in [2.75, 3.05) is 22.9 Å². The second kappa shape index (κ2) is 19.6. The Morgan fingerprint density at radius 2 is 0.643 bits per heavy atom. The van der Waals surface area contributed by atoms with Gasteiger partial charge in [0.25, 0.3) is 23.6 Å². The molecule has 0 radical (unpaired) electrons. The second-order valence-electron chi connectivity index (χ2n) is 16.8. The summed E-state index contributed by atoms with van der Waals surface area (Å²) >= 11 is 0. The Kier molecular flexibility index (Phi) is 12.5. The number of ether oxygens (including phenoxy) is 2. The van der Waals surface area contributed by atoms with Gasteiger partial charge in [0.05, 0.1) is 0 Å². The lowest BCUT2D eigenvalue weighted by atomic mass is 9.86. The fourth-order valence-electron chi connectivity index (χ4n) is 9.08. The average Bonchev–Trinajstić information content (AvgIpc) is 3.38. The number of amides is 4. The van der Waals surface area contributed by atoms with Crippen LogP contribution in [0.25, 0.3) is 10.8 Å². The minimum atomic E-state index is -0.594. The van der Waals surface area contributed by atoms with Crippen LogP contribution in [0.5, 0.6) is 11.5 Å². The first kappa shape index (κ1) is 44.7. The highest BCUT2D eigenvalue weighted by Gasteiger charge is 2.39. The molecule has 0 N–H and O–H groups in total. The molecule has 4 amide bonds. The van der Waals surface area contributed by atoms with Gasteiger partial charge in [-0.05, 0) is 110 Å². The van der Waals surface area contributed by atoms with Crippen molar-refractivity contribution in [1.29, 1.82) is 0 Å². The SMILES string of the molecule is O=C(CCCN1C(=O)c2ccc3c4c(ccc(c24)C1=O)C(=O)N(CCCC(=O)Oc1cccc(N(c2ccccc2)c2ccccc2)c1)C3=O)Oc1cccc(N(c2ccccc2)c2ccccc2)c1. The van der Waals surface area contributed by atoms with Gasteiger partial charge in [-0.15, -0.1) is 0 Å². The molecule has 344 valence electrons. The summed E-state index contributed by atoms with van der Waals surface area (Å²) in [4.78, 5) is 88.4. The van der Waals surface area contributed by atoms with Gasteiger partial charge in [-0.3, -0.25) is 38.6 Å². The zero-order chi connectivity index (χ0) is 48.1. The Labute approximate surface area is 403 Å². The quantitative estimate of drug-likeness (QED) is 0.0524. The molecule has 12 nitrogen and oxygen atoms in total. The lowest BCUT2D eigenvalue weighted by Crippen LogP contribution is -2.44. The van der Waals surface area contributed by atoms with Gasteiger partial charge in [-0.2, -0.15) is 0 Å². The van der Waals surface area contributed by atoms with E-state index in [9.17, 15) is 28.8 Å². The third-order valence-electron chi connectivity index (χ3n) is 12.3. The summed E-state index contributed by atoms with van der Waals surface area (Å²) in [7, 11) is 0. The zero-order valence-electron chi connectivity index (χ0n) is 37.8. The van der Waals surface area contributed by atoms with Gasteiger partial charge >= 0.3 is 11.9 Å². The number of esters is 2. The maximum Gasteiger partial charge on any atom is 0.311 e. The smallest absolute Gasteiger partial charge is 0.311 e. The highest BCUT2D eigenvalue weighted by molar-refractivity contribution is 6.33. The maximum absolute atomic E-state index is 13.9. The van der Waals surface area contributed by atoms with Gasteiger partial charge in [-0.25, -0.2) is 0 Å². The number of rotatable bonds is 16. The first-order chi connectivity index (χ1) is 34.2. The molecule has 0 saturated heterocycles. The van der Waals surface area contributed by atoms with Gasteiger partial charge in [0, 0.05) is 105 Å². The van der Waals surface area contributed by atoms with E-state index in [1.54, 1.807) is 24.3 Å². The van der Waals surface area contributed by atoms with Crippen LogP contribution < -0.4 is 19.3 Å². The van der Waals surface area contributed by atoms with Crippen LogP contribution in [0.4, 0.5) is 34.1 Å². The van der Waals surface area contributed by atoms with E-state index < -0.39 is 35.6 Å². The standard InChI is InChI=1S/C58H44N4O8/c63-51(69-45-27-13-25-43(37-45)61(39-17-5-1-6-18-39)40-19-7-2-8-20-40)29-15-35-59-55(65)47-31-33-49-54-50(34-32-48(53(47)54)56(59)66)58(68)60(57(49)67)36-16-30-52(64)70-46-28-14-26-44(38-46)62(41-21-9-3-10-22-41)42-23-11-4-12-24-42/h1-14,17-28,31-34,37-38H,15-16,29-30,35-36H2. The molecule has 0 unspecified atom stereocenters. The fourth-order valence-corrected chi connectivity index (χ4v) is 9.08. The summed E-state index contributed by atoms with van der Waals surface area (Å²) < 4.78 is 11.5. The van der Waals surface area contributed by atoms with Crippen molar-refractivity contribution in [2.24, 2.45) is 0 Å². The molecule has 70 heavy (non-hydrogen) atoms. The molecule has 0 spiro atoms. The lowest BCUT2D eigenvalue weighted by Gasteiger charge is -2.32. The topological polar surface area (TPSA) is 134 Å². The summed E-state index contributed by atoms with van der Waals surface area (Å²) in [6.45, 7) is -0.126. The predicted octanol–water partition coefficient (Wildman–Crippen LogP) is 11.7. The number of hydrogen-bond acceptors (Lipinski definition) is 10. The maximum atomic E-state index is 13.9. The minimum Gasteiger partial charge on any atom is -0.426 e. The monoisotopic (exact) mass is 924 g/mol. The van der Waals surface area contributed by atoms with Crippen molar-refractivity contribution in [2.45, 2.75) is 25.7 Å². The third kappa shape index (κ3) is 8.89. The van der Waals surface area contributed by atoms with Crippen molar-refractivity contribution in [1.82, 2.24) is 9.80 Å². The van der Waals surface area contributed by atoms with Crippen molar-refractivity contribution >= 4 is 80.5 Å². The largest absolute Gasteiger partial charge is 0.426 e. The van der Waals surface area contributed by atoms with E-state index in [0.29, 0.717) is 11.5 Å². The van der Waals surface area contributed by atoms with E-state index in [2.05, 4.69) is 9.80 Å². The predicted molar refractivity (Wildman–Crippen MR) is 267 cm³/mol. The Morgan fingerprint density at radius 1 is 0.357 bits per heavy atom. The van der Waals surface area contributed by atoms with Crippen molar-refractivity contribution in [3.05, 3.63) is 216 Å². The molecule has 0 bridgehead atoms. The zero-order valence-corrected chi connectivity index (χ0v) is 37.8. The lowest BCUT2D eigenvalue weighted by molar-refractivity contribution is -0.135. The van der Waals surface area contributed by atoms with Crippen LogP contribution in [0.15, 0.2) is 194 Å². The summed E-state index contributed by atoms with van der Waals surface area (Å²) in [6, 6.07) is 59.7. The number of nitrogens with zero attached hydrogens (tertiary/aromatic N) is 4. The Balaban J connectivity index is 0.767. The summed E-state index contributed by atoms with van der Waals surface area (Å²) in [5.74, 6) is -2.75.